The Morgan fingerprint density at radius 2 is 1.52 bits per heavy atom. The number of sulfonamides is 1. The van der Waals surface area contributed by atoms with Crippen molar-refractivity contribution in [3.8, 4) is 0 Å². The third kappa shape index (κ3) is 3.67. The van der Waals surface area contributed by atoms with Crippen molar-refractivity contribution >= 4 is 21.6 Å². The van der Waals surface area contributed by atoms with Gasteiger partial charge < -0.3 is 8.83 Å². The molecule has 120 valence electrons. The third-order valence-electron chi connectivity index (χ3n) is 3.26. The third-order valence-corrected chi connectivity index (χ3v) is 5.28. The quantitative estimate of drug-likeness (QED) is 0.675. The molecule has 3 aromatic rings. The summed E-state index contributed by atoms with van der Waals surface area (Å²) in [5, 5.41) is 0.363. The van der Waals surface area contributed by atoms with Crippen LogP contribution in [-0.2, 0) is 23.1 Å². The van der Waals surface area contributed by atoms with Crippen LogP contribution < -0.4 is 0 Å². The van der Waals surface area contributed by atoms with Gasteiger partial charge in [-0.3, -0.25) is 0 Å². The van der Waals surface area contributed by atoms with Gasteiger partial charge in [-0.25, -0.2) is 8.42 Å². The highest BCUT2D eigenvalue weighted by atomic mass is 35.5. The monoisotopic (exact) mass is 351 g/mol. The molecular formula is C16H14ClNO4S. The van der Waals surface area contributed by atoms with E-state index in [9.17, 15) is 8.42 Å². The van der Waals surface area contributed by atoms with Gasteiger partial charge in [0.1, 0.15) is 11.5 Å². The van der Waals surface area contributed by atoms with E-state index < -0.39 is 10.0 Å². The van der Waals surface area contributed by atoms with E-state index in [2.05, 4.69) is 0 Å². The molecular weight excluding hydrogens is 338 g/mol. The van der Waals surface area contributed by atoms with Crippen molar-refractivity contribution in [1.82, 2.24) is 4.31 Å². The van der Waals surface area contributed by atoms with Crippen LogP contribution in [0.1, 0.15) is 11.5 Å². The maximum atomic E-state index is 12.9. The second kappa shape index (κ2) is 6.62. The smallest absolute Gasteiger partial charge is 0.243 e. The minimum Gasteiger partial charge on any atom is -0.468 e. The lowest BCUT2D eigenvalue weighted by atomic mass is 10.4. The lowest BCUT2D eigenvalue weighted by molar-refractivity contribution is 0.330. The molecule has 0 atom stereocenters. The van der Waals surface area contributed by atoms with Gasteiger partial charge in [-0.2, -0.15) is 4.31 Å². The molecule has 0 bridgehead atoms. The summed E-state index contributed by atoms with van der Waals surface area (Å²) in [6.45, 7) is 0.199. The Kier molecular flexibility index (Phi) is 4.56. The summed E-state index contributed by atoms with van der Waals surface area (Å²) in [6.07, 6.45) is 3.01. The summed E-state index contributed by atoms with van der Waals surface area (Å²) in [7, 11) is -3.75. The second-order valence-corrected chi connectivity index (χ2v) is 7.26. The van der Waals surface area contributed by atoms with Crippen LogP contribution in [0.15, 0.2) is 74.8 Å². The summed E-state index contributed by atoms with van der Waals surface area (Å²) in [5.74, 6) is 1.09. The molecule has 5 nitrogen and oxygen atoms in total. The molecule has 0 aliphatic rings. The average molecular weight is 352 g/mol. The van der Waals surface area contributed by atoms with Crippen molar-refractivity contribution in [3.05, 3.63) is 77.6 Å². The highest BCUT2D eigenvalue weighted by molar-refractivity contribution is 7.89. The Morgan fingerprint density at radius 3 is 2.00 bits per heavy atom. The van der Waals surface area contributed by atoms with Gasteiger partial charge in [-0.1, -0.05) is 17.7 Å². The van der Waals surface area contributed by atoms with Crippen LogP contribution in [0, 0.1) is 0 Å². The fraction of sp³-hybridized carbons (Fsp3) is 0.125. The second-order valence-electron chi connectivity index (χ2n) is 4.89. The van der Waals surface area contributed by atoms with E-state index in [-0.39, 0.29) is 18.0 Å². The lowest BCUT2D eigenvalue weighted by Gasteiger charge is -2.20. The molecule has 3 rings (SSSR count). The van der Waals surface area contributed by atoms with Crippen LogP contribution in [0.3, 0.4) is 0 Å². The number of furan rings is 2. The summed E-state index contributed by atoms with van der Waals surface area (Å²) in [4.78, 5) is 0.128. The average Bonchev–Trinajstić information content (AvgIpc) is 3.20. The molecule has 0 N–H and O–H groups in total. The Balaban J connectivity index is 1.95. The standard InChI is InChI=1S/C16H14ClNO4S/c17-13-4-1-7-16(10-13)23(19,20)18(11-14-5-2-8-21-14)12-15-6-3-9-22-15/h1-10H,11-12H2. The van der Waals surface area contributed by atoms with Gasteiger partial charge in [-0.15, -0.1) is 0 Å². The normalized spacial score (nSPS) is 11.9. The zero-order chi connectivity index (χ0) is 16.3. The molecule has 0 aliphatic carbocycles. The SMILES string of the molecule is O=S(=O)(c1cccc(Cl)c1)N(Cc1ccco1)Cc1ccco1. The minimum absolute atomic E-state index is 0.0997. The maximum Gasteiger partial charge on any atom is 0.243 e. The zero-order valence-corrected chi connectivity index (χ0v) is 13.6. The first-order valence-corrected chi connectivity index (χ1v) is 8.68. The van der Waals surface area contributed by atoms with Crippen LogP contribution >= 0.6 is 11.6 Å². The Labute approximate surface area is 139 Å². The Hall–Kier alpha value is -2.02. The summed E-state index contributed by atoms with van der Waals surface area (Å²) in [6, 6.07) is 13.0. The van der Waals surface area contributed by atoms with E-state index in [0.717, 1.165) is 0 Å². The molecule has 1 aromatic carbocycles. The van der Waals surface area contributed by atoms with E-state index in [4.69, 9.17) is 20.4 Å². The first kappa shape index (κ1) is 15.9. The molecule has 0 saturated carbocycles. The number of nitrogens with zero attached hydrogens (tertiary/aromatic N) is 1. The van der Waals surface area contributed by atoms with E-state index in [0.29, 0.717) is 16.5 Å². The molecule has 7 heteroatoms. The molecule has 0 unspecified atom stereocenters. The molecule has 2 heterocycles. The highest BCUT2D eigenvalue weighted by Gasteiger charge is 2.26. The first-order valence-electron chi connectivity index (χ1n) is 6.86. The van der Waals surface area contributed by atoms with Gasteiger partial charge in [0.25, 0.3) is 0 Å². The largest absolute Gasteiger partial charge is 0.468 e. The molecule has 0 aliphatic heterocycles. The molecule has 0 amide bonds. The lowest BCUT2D eigenvalue weighted by Crippen LogP contribution is -2.30. The number of halogens is 1. The van der Waals surface area contributed by atoms with Crippen molar-refractivity contribution in [2.75, 3.05) is 0 Å². The highest BCUT2D eigenvalue weighted by Crippen LogP contribution is 2.23. The van der Waals surface area contributed by atoms with Gasteiger partial charge >= 0.3 is 0 Å². The van der Waals surface area contributed by atoms with Crippen LogP contribution in [0.2, 0.25) is 5.02 Å². The molecule has 0 spiro atoms. The van der Waals surface area contributed by atoms with E-state index >= 15 is 0 Å². The number of rotatable bonds is 6. The summed E-state index contributed by atoms with van der Waals surface area (Å²) in [5.41, 5.74) is 0. The van der Waals surface area contributed by atoms with Gasteiger partial charge in [0.05, 0.1) is 30.5 Å². The van der Waals surface area contributed by atoms with Crippen molar-refractivity contribution in [1.29, 1.82) is 0 Å². The predicted octanol–water partition coefficient (Wildman–Crippen LogP) is 3.92. The summed E-state index contributed by atoms with van der Waals surface area (Å²) >= 11 is 5.92. The molecule has 0 fully saturated rings. The van der Waals surface area contributed by atoms with E-state index in [1.165, 1.54) is 29.0 Å². The van der Waals surface area contributed by atoms with E-state index in [1.807, 2.05) is 0 Å². The number of hydrogen-bond donors (Lipinski definition) is 0. The molecule has 2 aromatic heterocycles. The van der Waals surface area contributed by atoms with Crippen LogP contribution in [-0.4, -0.2) is 12.7 Å². The first-order chi connectivity index (χ1) is 11.1. The predicted molar refractivity (Wildman–Crippen MR) is 85.3 cm³/mol. The molecule has 23 heavy (non-hydrogen) atoms. The van der Waals surface area contributed by atoms with Gasteiger partial charge in [0, 0.05) is 5.02 Å². The number of hydrogen-bond acceptors (Lipinski definition) is 4. The molecule has 0 radical (unpaired) electrons. The fourth-order valence-corrected chi connectivity index (χ4v) is 3.83. The zero-order valence-electron chi connectivity index (χ0n) is 12.1. The van der Waals surface area contributed by atoms with Crippen LogP contribution in [0.25, 0.3) is 0 Å². The van der Waals surface area contributed by atoms with Gasteiger partial charge in [-0.05, 0) is 42.5 Å². The van der Waals surface area contributed by atoms with Crippen molar-refractivity contribution in [2.45, 2.75) is 18.0 Å². The van der Waals surface area contributed by atoms with Crippen molar-refractivity contribution < 1.29 is 17.3 Å². The Bertz CT molecular complexity index is 821. The van der Waals surface area contributed by atoms with E-state index in [1.54, 1.807) is 36.4 Å². The fourth-order valence-electron chi connectivity index (χ4n) is 2.16. The Morgan fingerprint density at radius 1 is 0.913 bits per heavy atom. The minimum atomic E-state index is -3.75. The maximum absolute atomic E-state index is 12.9. The van der Waals surface area contributed by atoms with Crippen LogP contribution in [0.4, 0.5) is 0 Å². The van der Waals surface area contributed by atoms with Crippen molar-refractivity contribution in [3.63, 3.8) is 0 Å². The van der Waals surface area contributed by atoms with Crippen molar-refractivity contribution in [2.24, 2.45) is 0 Å². The van der Waals surface area contributed by atoms with Gasteiger partial charge in [0.2, 0.25) is 10.0 Å². The van der Waals surface area contributed by atoms with Crippen LogP contribution in [0.5, 0.6) is 0 Å². The topological polar surface area (TPSA) is 63.7 Å². The molecule has 0 saturated heterocycles. The number of benzene rings is 1. The summed E-state index contributed by atoms with van der Waals surface area (Å²) < 4.78 is 37.7. The van der Waals surface area contributed by atoms with Gasteiger partial charge in [0.15, 0.2) is 0 Å².